The highest BCUT2D eigenvalue weighted by atomic mass is 19.1. The van der Waals surface area contributed by atoms with Crippen molar-refractivity contribution in [3.63, 3.8) is 0 Å². The molecule has 0 spiro atoms. The van der Waals surface area contributed by atoms with Gasteiger partial charge in [-0.05, 0) is 48.9 Å². The second-order valence-corrected chi connectivity index (χ2v) is 5.21. The Balaban J connectivity index is 2.21. The van der Waals surface area contributed by atoms with Gasteiger partial charge in [-0.25, -0.2) is 9.37 Å². The van der Waals surface area contributed by atoms with Crippen molar-refractivity contribution in [3.8, 4) is 11.4 Å². The molecule has 0 amide bonds. The lowest BCUT2D eigenvalue weighted by Gasteiger charge is -2.08. The van der Waals surface area contributed by atoms with Crippen LogP contribution in [0.2, 0.25) is 0 Å². The summed E-state index contributed by atoms with van der Waals surface area (Å²) in [5.41, 5.74) is 8.85. The van der Waals surface area contributed by atoms with Gasteiger partial charge in [0.25, 0.3) is 0 Å². The van der Waals surface area contributed by atoms with Gasteiger partial charge in [0, 0.05) is 17.7 Å². The SMILES string of the molecule is CCCn1c(-c2ccc(F)cc2)nc2cc(C(=N)N)ccc21. The number of halogens is 1. The first-order valence-corrected chi connectivity index (χ1v) is 7.20. The number of hydrogen-bond donors (Lipinski definition) is 2. The zero-order valence-electron chi connectivity index (χ0n) is 12.3. The Kier molecular flexibility index (Phi) is 3.63. The van der Waals surface area contributed by atoms with Gasteiger partial charge in [0.05, 0.1) is 11.0 Å². The second kappa shape index (κ2) is 5.60. The molecule has 0 fully saturated rings. The average Bonchev–Trinajstić information content (AvgIpc) is 2.86. The minimum atomic E-state index is -0.263. The van der Waals surface area contributed by atoms with Crippen LogP contribution in [0.4, 0.5) is 4.39 Å². The number of fused-ring (bicyclic) bond motifs is 1. The molecule has 3 rings (SSSR count). The standard InChI is InChI=1S/C17H17FN4/c1-2-9-22-15-8-5-12(16(19)20)10-14(15)21-17(22)11-3-6-13(18)7-4-11/h3-8,10H,2,9H2,1H3,(H3,19,20). The lowest BCUT2D eigenvalue weighted by molar-refractivity contribution is 0.628. The van der Waals surface area contributed by atoms with E-state index in [2.05, 4.69) is 16.5 Å². The van der Waals surface area contributed by atoms with E-state index in [1.165, 1.54) is 12.1 Å². The molecular weight excluding hydrogens is 279 g/mol. The Morgan fingerprint density at radius 3 is 2.59 bits per heavy atom. The molecule has 0 saturated carbocycles. The van der Waals surface area contributed by atoms with E-state index in [1.807, 2.05) is 18.2 Å². The maximum Gasteiger partial charge on any atom is 0.141 e. The number of nitrogens with one attached hydrogen (secondary N) is 1. The Bertz CT molecular complexity index is 834. The van der Waals surface area contributed by atoms with Gasteiger partial charge in [0.1, 0.15) is 17.5 Å². The molecule has 1 heterocycles. The van der Waals surface area contributed by atoms with Crippen molar-refractivity contribution in [3.05, 3.63) is 53.8 Å². The van der Waals surface area contributed by atoms with Crippen molar-refractivity contribution >= 4 is 16.9 Å². The van der Waals surface area contributed by atoms with Crippen LogP contribution >= 0.6 is 0 Å². The summed E-state index contributed by atoms with van der Waals surface area (Å²) >= 11 is 0. The molecule has 4 nitrogen and oxygen atoms in total. The third kappa shape index (κ3) is 2.45. The smallest absolute Gasteiger partial charge is 0.141 e. The van der Waals surface area contributed by atoms with E-state index in [0.717, 1.165) is 35.4 Å². The number of amidine groups is 1. The van der Waals surface area contributed by atoms with E-state index in [-0.39, 0.29) is 11.7 Å². The summed E-state index contributed by atoms with van der Waals surface area (Å²) < 4.78 is 15.3. The highest BCUT2D eigenvalue weighted by Crippen LogP contribution is 2.26. The van der Waals surface area contributed by atoms with Crippen LogP contribution in [0.5, 0.6) is 0 Å². The van der Waals surface area contributed by atoms with Gasteiger partial charge in [-0.2, -0.15) is 0 Å². The lowest BCUT2D eigenvalue weighted by atomic mass is 10.2. The van der Waals surface area contributed by atoms with Gasteiger partial charge >= 0.3 is 0 Å². The molecule has 0 aliphatic carbocycles. The number of nitrogen functional groups attached to an aromatic ring is 1. The van der Waals surface area contributed by atoms with E-state index in [4.69, 9.17) is 11.1 Å². The fourth-order valence-electron chi connectivity index (χ4n) is 2.57. The first kappa shape index (κ1) is 14.3. The normalized spacial score (nSPS) is 11.0. The third-order valence-electron chi connectivity index (χ3n) is 3.61. The monoisotopic (exact) mass is 296 g/mol. The molecule has 112 valence electrons. The number of nitrogens with two attached hydrogens (primary N) is 1. The molecule has 0 aliphatic heterocycles. The molecule has 3 aromatic rings. The van der Waals surface area contributed by atoms with Crippen molar-refractivity contribution < 1.29 is 4.39 Å². The van der Waals surface area contributed by atoms with Gasteiger partial charge in [-0.3, -0.25) is 5.41 Å². The molecule has 0 saturated heterocycles. The van der Waals surface area contributed by atoms with Crippen LogP contribution in [0.3, 0.4) is 0 Å². The predicted octanol–water partition coefficient (Wildman–Crippen LogP) is 3.54. The Morgan fingerprint density at radius 2 is 1.95 bits per heavy atom. The van der Waals surface area contributed by atoms with Crippen molar-refractivity contribution in [1.82, 2.24) is 9.55 Å². The number of benzene rings is 2. The Hall–Kier alpha value is -2.69. The molecule has 0 bridgehead atoms. The number of aryl methyl sites for hydroxylation is 1. The lowest BCUT2D eigenvalue weighted by Crippen LogP contribution is -2.10. The Labute approximate surface area is 127 Å². The third-order valence-corrected chi connectivity index (χ3v) is 3.61. The van der Waals surface area contributed by atoms with Crippen LogP contribution in [0, 0.1) is 11.2 Å². The van der Waals surface area contributed by atoms with Crippen molar-refractivity contribution in [2.75, 3.05) is 0 Å². The number of imidazole rings is 1. The molecule has 0 aliphatic rings. The summed E-state index contributed by atoms with van der Waals surface area (Å²) in [6, 6.07) is 11.9. The van der Waals surface area contributed by atoms with E-state index in [0.29, 0.717) is 5.56 Å². The summed E-state index contributed by atoms with van der Waals surface area (Å²) in [6.07, 6.45) is 0.966. The fraction of sp³-hybridized carbons (Fsp3) is 0.176. The molecule has 3 N–H and O–H groups in total. The summed E-state index contributed by atoms with van der Waals surface area (Å²) in [5, 5.41) is 7.54. The van der Waals surface area contributed by atoms with Gasteiger partial charge in [-0.1, -0.05) is 6.92 Å². The van der Waals surface area contributed by atoms with Gasteiger partial charge in [0.15, 0.2) is 0 Å². The first-order chi connectivity index (χ1) is 10.6. The Morgan fingerprint density at radius 1 is 1.23 bits per heavy atom. The fourth-order valence-corrected chi connectivity index (χ4v) is 2.57. The van der Waals surface area contributed by atoms with Gasteiger partial charge < -0.3 is 10.3 Å². The highest BCUT2D eigenvalue weighted by molar-refractivity contribution is 5.98. The van der Waals surface area contributed by atoms with Crippen LogP contribution in [0.1, 0.15) is 18.9 Å². The minimum absolute atomic E-state index is 0.0234. The molecule has 0 unspecified atom stereocenters. The summed E-state index contributed by atoms with van der Waals surface area (Å²) in [4.78, 5) is 4.66. The second-order valence-electron chi connectivity index (χ2n) is 5.21. The van der Waals surface area contributed by atoms with Crippen molar-refractivity contribution in [2.45, 2.75) is 19.9 Å². The maximum absolute atomic E-state index is 13.1. The number of aromatic nitrogens is 2. The summed E-state index contributed by atoms with van der Waals surface area (Å²) in [5.74, 6) is 0.564. The van der Waals surface area contributed by atoms with Crippen LogP contribution in [0.25, 0.3) is 22.4 Å². The minimum Gasteiger partial charge on any atom is -0.384 e. The largest absolute Gasteiger partial charge is 0.384 e. The molecule has 2 aromatic carbocycles. The van der Waals surface area contributed by atoms with E-state index in [9.17, 15) is 4.39 Å². The quantitative estimate of drug-likeness (QED) is 0.571. The van der Waals surface area contributed by atoms with Gasteiger partial charge in [0.2, 0.25) is 0 Å². The molecule has 1 aromatic heterocycles. The number of rotatable bonds is 4. The molecule has 5 heteroatoms. The zero-order chi connectivity index (χ0) is 15.7. The van der Waals surface area contributed by atoms with Crippen molar-refractivity contribution in [1.29, 1.82) is 5.41 Å². The number of hydrogen-bond acceptors (Lipinski definition) is 2. The predicted molar refractivity (Wildman–Crippen MR) is 86.4 cm³/mol. The molecule has 0 radical (unpaired) electrons. The van der Waals surface area contributed by atoms with E-state index < -0.39 is 0 Å². The average molecular weight is 296 g/mol. The highest BCUT2D eigenvalue weighted by Gasteiger charge is 2.13. The summed E-state index contributed by atoms with van der Waals surface area (Å²) in [6.45, 7) is 2.92. The summed E-state index contributed by atoms with van der Waals surface area (Å²) in [7, 11) is 0. The van der Waals surface area contributed by atoms with E-state index >= 15 is 0 Å². The van der Waals surface area contributed by atoms with Crippen molar-refractivity contribution in [2.24, 2.45) is 5.73 Å². The molecule has 0 atom stereocenters. The number of nitrogens with zero attached hydrogens (tertiary/aromatic N) is 2. The molecular formula is C17H17FN4. The first-order valence-electron chi connectivity index (χ1n) is 7.20. The van der Waals surface area contributed by atoms with Crippen LogP contribution in [-0.4, -0.2) is 15.4 Å². The van der Waals surface area contributed by atoms with Crippen LogP contribution in [0.15, 0.2) is 42.5 Å². The zero-order valence-corrected chi connectivity index (χ0v) is 12.3. The maximum atomic E-state index is 13.1. The topological polar surface area (TPSA) is 67.7 Å². The van der Waals surface area contributed by atoms with E-state index in [1.54, 1.807) is 12.1 Å². The van der Waals surface area contributed by atoms with Crippen LogP contribution in [-0.2, 0) is 6.54 Å². The molecule has 22 heavy (non-hydrogen) atoms. The van der Waals surface area contributed by atoms with Gasteiger partial charge in [-0.15, -0.1) is 0 Å². The van der Waals surface area contributed by atoms with Crippen LogP contribution < -0.4 is 5.73 Å².